The number of rotatable bonds is 7. The number of anilines is 1. The van der Waals surface area contributed by atoms with Crippen molar-refractivity contribution in [3.63, 3.8) is 0 Å². The SMILES string of the molecule is COc1ccc([N+](=O)[O-])cc1NC(=O)COc1ccc(-c2ccccc2)cc1Br. The Hall–Kier alpha value is -3.39. The van der Waals surface area contributed by atoms with E-state index in [1.54, 1.807) is 6.07 Å². The van der Waals surface area contributed by atoms with Crippen molar-refractivity contribution >= 4 is 33.2 Å². The monoisotopic (exact) mass is 456 g/mol. The van der Waals surface area contributed by atoms with Crippen molar-refractivity contribution in [2.24, 2.45) is 0 Å². The molecule has 0 saturated carbocycles. The molecule has 8 heteroatoms. The van der Waals surface area contributed by atoms with Gasteiger partial charge in [-0.05, 0) is 45.3 Å². The summed E-state index contributed by atoms with van der Waals surface area (Å²) in [6.07, 6.45) is 0. The molecule has 0 unspecified atom stereocenters. The first kappa shape index (κ1) is 20.3. The lowest BCUT2D eigenvalue weighted by Gasteiger charge is -2.12. The fourth-order valence-electron chi connectivity index (χ4n) is 2.66. The molecule has 1 N–H and O–H groups in total. The van der Waals surface area contributed by atoms with Crippen LogP contribution in [0.15, 0.2) is 71.2 Å². The Balaban J connectivity index is 1.67. The Morgan fingerprint density at radius 1 is 1.03 bits per heavy atom. The standard InChI is InChI=1S/C21H17BrN2O5/c1-28-20-10-8-16(24(26)27)12-18(20)23-21(25)13-29-19-9-7-15(11-17(19)22)14-5-3-2-4-6-14/h2-12H,13H2,1H3,(H,23,25). The van der Waals surface area contributed by atoms with Crippen molar-refractivity contribution < 1.29 is 19.2 Å². The topological polar surface area (TPSA) is 90.7 Å². The highest BCUT2D eigenvalue weighted by molar-refractivity contribution is 9.10. The highest BCUT2D eigenvalue weighted by Gasteiger charge is 2.14. The normalized spacial score (nSPS) is 10.3. The van der Waals surface area contributed by atoms with Crippen LogP contribution in [0.1, 0.15) is 0 Å². The summed E-state index contributed by atoms with van der Waals surface area (Å²) in [7, 11) is 1.42. The largest absolute Gasteiger partial charge is 0.495 e. The molecule has 0 bridgehead atoms. The second-order valence-corrected chi connectivity index (χ2v) is 6.84. The van der Waals surface area contributed by atoms with Gasteiger partial charge in [0.1, 0.15) is 11.5 Å². The average molecular weight is 457 g/mol. The summed E-state index contributed by atoms with van der Waals surface area (Å²) < 4.78 is 11.4. The summed E-state index contributed by atoms with van der Waals surface area (Å²) in [5, 5.41) is 13.5. The van der Waals surface area contributed by atoms with Gasteiger partial charge in [-0.25, -0.2) is 0 Å². The minimum Gasteiger partial charge on any atom is -0.495 e. The number of amides is 1. The molecule has 3 aromatic rings. The molecule has 1 amide bonds. The fourth-order valence-corrected chi connectivity index (χ4v) is 3.16. The first-order chi connectivity index (χ1) is 14.0. The molecule has 29 heavy (non-hydrogen) atoms. The van der Waals surface area contributed by atoms with E-state index in [4.69, 9.17) is 9.47 Å². The molecule has 0 atom stereocenters. The number of benzene rings is 3. The van der Waals surface area contributed by atoms with Crippen LogP contribution < -0.4 is 14.8 Å². The number of nitro benzene ring substituents is 1. The smallest absolute Gasteiger partial charge is 0.271 e. The van der Waals surface area contributed by atoms with E-state index < -0.39 is 10.8 Å². The number of hydrogen-bond donors (Lipinski definition) is 1. The molecule has 0 radical (unpaired) electrons. The molecule has 0 spiro atoms. The number of nitrogens with zero attached hydrogens (tertiary/aromatic N) is 1. The number of nitro groups is 1. The third-order valence-electron chi connectivity index (χ3n) is 4.07. The molecule has 0 heterocycles. The van der Waals surface area contributed by atoms with E-state index in [9.17, 15) is 14.9 Å². The number of methoxy groups -OCH3 is 1. The van der Waals surface area contributed by atoms with E-state index >= 15 is 0 Å². The molecule has 0 aromatic heterocycles. The van der Waals surface area contributed by atoms with Crippen molar-refractivity contribution in [1.29, 1.82) is 0 Å². The Morgan fingerprint density at radius 3 is 2.41 bits per heavy atom. The molecule has 0 aliphatic heterocycles. The van der Waals surface area contributed by atoms with Gasteiger partial charge in [-0.15, -0.1) is 0 Å². The third-order valence-corrected chi connectivity index (χ3v) is 4.69. The molecular formula is C21H17BrN2O5. The zero-order chi connectivity index (χ0) is 20.8. The van der Waals surface area contributed by atoms with Gasteiger partial charge < -0.3 is 14.8 Å². The van der Waals surface area contributed by atoms with Crippen LogP contribution in [0.25, 0.3) is 11.1 Å². The molecule has 7 nitrogen and oxygen atoms in total. The van der Waals surface area contributed by atoms with Crippen LogP contribution in [-0.2, 0) is 4.79 Å². The van der Waals surface area contributed by atoms with Crippen molar-refractivity contribution in [3.05, 3.63) is 81.3 Å². The van der Waals surface area contributed by atoms with Gasteiger partial charge in [-0.1, -0.05) is 36.4 Å². The lowest BCUT2D eigenvalue weighted by Crippen LogP contribution is -2.20. The summed E-state index contributed by atoms with van der Waals surface area (Å²) in [5.41, 5.74) is 2.13. The van der Waals surface area contributed by atoms with Crippen LogP contribution in [0.5, 0.6) is 11.5 Å². The molecule has 0 aliphatic rings. The maximum absolute atomic E-state index is 12.3. The van der Waals surface area contributed by atoms with Crippen LogP contribution in [0.2, 0.25) is 0 Å². The van der Waals surface area contributed by atoms with E-state index in [-0.39, 0.29) is 18.0 Å². The first-order valence-corrected chi connectivity index (χ1v) is 9.37. The number of halogens is 1. The summed E-state index contributed by atoms with van der Waals surface area (Å²) >= 11 is 3.46. The number of ether oxygens (including phenoxy) is 2. The molecule has 0 saturated heterocycles. The van der Waals surface area contributed by atoms with Gasteiger partial charge in [0.2, 0.25) is 0 Å². The van der Waals surface area contributed by atoms with Crippen molar-refractivity contribution in [3.8, 4) is 22.6 Å². The van der Waals surface area contributed by atoms with Gasteiger partial charge in [0.05, 0.1) is 22.2 Å². The van der Waals surface area contributed by atoms with Gasteiger partial charge in [-0.3, -0.25) is 14.9 Å². The van der Waals surface area contributed by atoms with Gasteiger partial charge >= 0.3 is 0 Å². The Kier molecular flexibility index (Phi) is 6.46. The van der Waals surface area contributed by atoms with Crippen molar-refractivity contribution in [1.82, 2.24) is 0 Å². The quantitative estimate of drug-likeness (QED) is 0.396. The van der Waals surface area contributed by atoms with E-state index in [1.807, 2.05) is 42.5 Å². The van der Waals surface area contributed by atoms with Crippen molar-refractivity contribution in [2.45, 2.75) is 0 Å². The Morgan fingerprint density at radius 2 is 1.76 bits per heavy atom. The number of carbonyl (C=O) groups is 1. The highest BCUT2D eigenvalue weighted by Crippen LogP contribution is 2.31. The highest BCUT2D eigenvalue weighted by atomic mass is 79.9. The summed E-state index contributed by atoms with van der Waals surface area (Å²) in [6.45, 7) is -0.269. The van der Waals surface area contributed by atoms with E-state index in [2.05, 4.69) is 21.2 Å². The van der Waals surface area contributed by atoms with Gasteiger partial charge in [0.15, 0.2) is 6.61 Å². The number of non-ortho nitro benzene ring substituents is 1. The zero-order valence-corrected chi connectivity index (χ0v) is 17.0. The van der Waals surface area contributed by atoms with Crippen LogP contribution in [0.3, 0.4) is 0 Å². The molecule has 0 aliphatic carbocycles. The molecule has 3 rings (SSSR count). The molecule has 3 aromatic carbocycles. The maximum atomic E-state index is 12.3. The molecule has 0 fully saturated rings. The number of nitrogens with one attached hydrogen (secondary N) is 1. The number of carbonyl (C=O) groups excluding carboxylic acids is 1. The van der Waals surface area contributed by atoms with Crippen LogP contribution >= 0.6 is 15.9 Å². The van der Waals surface area contributed by atoms with E-state index in [0.717, 1.165) is 11.1 Å². The van der Waals surface area contributed by atoms with Crippen LogP contribution in [0.4, 0.5) is 11.4 Å². The summed E-state index contributed by atoms with van der Waals surface area (Å²) in [4.78, 5) is 22.7. The van der Waals surface area contributed by atoms with Gasteiger partial charge in [0, 0.05) is 12.1 Å². The lowest BCUT2D eigenvalue weighted by atomic mass is 10.1. The number of hydrogen-bond acceptors (Lipinski definition) is 5. The van der Waals surface area contributed by atoms with Gasteiger partial charge in [0.25, 0.3) is 11.6 Å². The first-order valence-electron chi connectivity index (χ1n) is 8.58. The Bertz CT molecular complexity index is 1040. The minimum absolute atomic E-state index is 0.152. The summed E-state index contributed by atoms with van der Waals surface area (Å²) in [6, 6.07) is 19.4. The molecule has 148 valence electrons. The van der Waals surface area contributed by atoms with E-state index in [1.165, 1.54) is 25.3 Å². The Labute approximate surface area is 175 Å². The van der Waals surface area contributed by atoms with E-state index in [0.29, 0.717) is 16.0 Å². The predicted molar refractivity (Wildman–Crippen MR) is 113 cm³/mol. The van der Waals surface area contributed by atoms with Crippen LogP contribution in [0, 0.1) is 10.1 Å². The van der Waals surface area contributed by atoms with Crippen LogP contribution in [-0.4, -0.2) is 24.5 Å². The molecular weight excluding hydrogens is 440 g/mol. The second kappa shape index (κ2) is 9.20. The average Bonchev–Trinajstić information content (AvgIpc) is 2.73. The van der Waals surface area contributed by atoms with Gasteiger partial charge in [-0.2, -0.15) is 0 Å². The fraction of sp³-hybridized carbons (Fsp3) is 0.0952. The summed E-state index contributed by atoms with van der Waals surface area (Å²) in [5.74, 6) is 0.353. The second-order valence-electron chi connectivity index (χ2n) is 5.99. The zero-order valence-electron chi connectivity index (χ0n) is 15.4. The van der Waals surface area contributed by atoms with Crippen molar-refractivity contribution in [2.75, 3.05) is 19.0 Å². The third kappa shape index (κ3) is 5.11. The minimum atomic E-state index is -0.545. The lowest BCUT2D eigenvalue weighted by molar-refractivity contribution is -0.384. The maximum Gasteiger partial charge on any atom is 0.271 e. The predicted octanol–water partition coefficient (Wildman–Crippen LogP) is 5.05.